The van der Waals surface area contributed by atoms with Gasteiger partial charge in [0.25, 0.3) is 0 Å². The van der Waals surface area contributed by atoms with Crippen molar-refractivity contribution in [3.05, 3.63) is 36.5 Å². The zero-order valence-corrected chi connectivity index (χ0v) is 16.7. The third kappa shape index (κ3) is 3.60. The molecule has 0 spiro atoms. The van der Waals surface area contributed by atoms with Crippen LogP contribution in [0.5, 0.6) is 5.75 Å². The number of fused-ring (bicyclic) bond motifs is 2. The number of nitrogens with one attached hydrogen (secondary N) is 1. The van der Waals surface area contributed by atoms with Crippen molar-refractivity contribution in [1.29, 1.82) is 0 Å². The van der Waals surface area contributed by atoms with Crippen LogP contribution in [0.4, 0.5) is 19.0 Å². The highest BCUT2D eigenvalue weighted by atomic mass is 19.4. The summed E-state index contributed by atoms with van der Waals surface area (Å²) in [5.41, 5.74) is 1.55. The first-order valence-electron chi connectivity index (χ1n) is 9.96. The van der Waals surface area contributed by atoms with Gasteiger partial charge in [0.05, 0.1) is 11.1 Å². The van der Waals surface area contributed by atoms with E-state index in [1.54, 1.807) is 24.3 Å². The van der Waals surface area contributed by atoms with Gasteiger partial charge in [-0.05, 0) is 37.1 Å². The Morgan fingerprint density at radius 2 is 1.84 bits per heavy atom. The van der Waals surface area contributed by atoms with Gasteiger partial charge < -0.3 is 19.5 Å². The number of aromatic amines is 1. The van der Waals surface area contributed by atoms with Gasteiger partial charge in [0.1, 0.15) is 0 Å². The number of carbonyl (C=O) groups excluding carboxylic acids is 1. The topological polar surface area (TPSA) is 74.3 Å². The second-order valence-corrected chi connectivity index (χ2v) is 8.19. The summed E-state index contributed by atoms with van der Waals surface area (Å²) in [6, 6.07) is 8.81. The first kappa shape index (κ1) is 19.8. The maximum absolute atomic E-state index is 12.6. The number of nitrogens with zero attached hydrogens (tertiary/aromatic N) is 4. The van der Waals surface area contributed by atoms with Gasteiger partial charge in [-0.2, -0.15) is 13.2 Å². The van der Waals surface area contributed by atoms with Crippen molar-refractivity contribution in [1.82, 2.24) is 20.1 Å². The number of benzene rings is 1. The van der Waals surface area contributed by atoms with Crippen molar-refractivity contribution in [3.8, 4) is 17.0 Å². The van der Waals surface area contributed by atoms with Crippen molar-refractivity contribution in [3.63, 3.8) is 0 Å². The van der Waals surface area contributed by atoms with Crippen molar-refractivity contribution in [2.24, 2.45) is 11.8 Å². The number of H-pyrrole nitrogens is 1. The lowest BCUT2D eigenvalue weighted by Crippen LogP contribution is -2.27. The Bertz CT molecular complexity index is 1110. The van der Waals surface area contributed by atoms with Gasteiger partial charge in [0, 0.05) is 43.5 Å². The number of esters is 1. The molecule has 5 rings (SSSR count). The summed E-state index contributed by atoms with van der Waals surface area (Å²) in [4.78, 5) is 18.7. The summed E-state index contributed by atoms with van der Waals surface area (Å²) < 4.78 is 42.5. The van der Waals surface area contributed by atoms with E-state index in [2.05, 4.69) is 36.8 Å². The van der Waals surface area contributed by atoms with Crippen LogP contribution in [-0.4, -0.2) is 65.5 Å². The molecule has 2 atom stereocenters. The molecule has 0 bridgehead atoms. The predicted octanol–water partition coefficient (Wildman–Crippen LogP) is 3.09. The smallest absolute Gasteiger partial charge is 0.418 e. The molecule has 2 aliphatic heterocycles. The fourth-order valence-corrected chi connectivity index (χ4v) is 4.66. The molecule has 3 aromatic rings. The average Bonchev–Trinajstić information content (AvgIpc) is 3.40. The molecule has 2 fully saturated rings. The number of likely N-dealkylation sites (tertiary alicyclic amines) is 1. The average molecular weight is 431 g/mol. The van der Waals surface area contributed by atoms with E-state index >= 15 is 0 Å². The summed E-state index contributed by atoms with van der Waals surface area (Å²) in [6.45, 7) is 4.05. The molecule has 2 saturated heterocycles. The van der Waals surface area contributed by atoms with Crippen LogP contribution < -0.4 is 9.64 Å². The van der Waals surface area contributed by atoms with Crippen LogP contribution in [0.2, 0.25) is 0 Å². The Hall–Kier alpha value is -3.14. The summed E-state index contributed by atoms with van der Waals surface area (Å²) in [7, 11) is 2.14. The second-order valence-electron chi connectivity index (χ2n) is 8.19. The third-order valence-electron chi connectivity index (χ3n) is 6.02. The van der Waals surface area contributed by atoms with Gasteiger partial charge in [-0.3, -0.25) is 0 Å². The first-order valence-corrected chi connectivity index (χ1v) is 9.96. The molecular weight excluding hydrogens is 411 g/mol. The van der Waals surface area contributed by atoms with Gasteiger partial charge in [-0.25, -0.2) is 4.79 Å². The lowest BCUT2D eigenvalue weighted by Gasteiger charge is -2.19. The number of ether oxygens (including phenoxy) is 1. The Morgan fingerprint density at radius 3 is 2.48 bits per heavy atom. The fraction of sp³-hybridized carbons (Fsp3) is 0.381. The molecule has 7 nitrogen and oxygen atoms in total. The zero-order chi connectivity index (χ0) is 21.8. The van der Waals surface area contributed by atoms with Crippen LogP contribution >= 0.6 is 0 Å². The molecule has 1 aromatic carbocycles. The van der Waals surface area contributed by atoms with Crippen LogP contribution in [0.15, 0.2) is 36.5 Å². The normalized spacial score (nSPS) is 21.6. The SMILES string of the molecule is CN1CC2CN(c3ccc(-c4cccc5[nH]cc(OC(=O)C(F)(F)F)c45)nn3)CC2C1. The minimum absolute atomic E-state index is 0.199. The van der Waals surface area contributed by atoms with Crippen molar-refractivity contribution >= 4 is 22.7 Å². The Balaban J connectivity index is 1.42. The Kier molecular flexibility index (Phi) is 4.62. The predicted molar refractivity (Wildman–Crippen MR) is 108 cm³/mol. The molecule has 2 aromatic heterocycles. The summed E-state index contributed by atoms with van der Waals surface area (Å²) >= 11 is 0. The summed E-state index contributed by atoms with van der Waals surface area (Å²) in [6.07, 6.45) is -3.84. The molecule has 162 valence electrons. The summed E-state index contributed by atoms with van der Waals surface area (Å²) in [5.74, 6) is -0.423. The van der Waals surface area contributed by atoms with Gasteiger partial charge in [0.2, 0.25) is 0 Å². The molecule has 2 aliphatic rings. The van der Waals surface area contributed by atoms with Crippen LogP contribution in [0.25, 0.3) is 22.2 Å². The highest BCUT2D eigenvalue weighted by Gasteiger charge is 2.42. The fourth-order valence-electron chi connectivity index (χ4n) is 4.66. The number of anilines is 1. The van der Waals surface area contributed by atoms with E-state index in [1.165, 1.54) is 6.20 Å². The largest absolute Gasteiger partial charge is 0.491 e. The maximum atomic E-state index is 12.6. The van der Waals surface area contributed by atoms with Crippen molar-refractivity contribution in [2.45, 2.75) is 6.18 Å². The lowest BCUT2D eigenvalue weighted by molar-refractivity contribution is -0.189. The second kappa shape index (κ2) is 7.23. The number of rotatable bonds is 3. The number of halogens is 3. The van der Waals surface area contributed by atoms with E-state index in [0.717, 1.165) is 32.0 Å². The van der Waals surface area contributed by atoms with E-state index in [9.17, 15) is 18.0 Å². The molecule has 0 saturated carbocycles. The van der Waals surface area contributed by atoms with E-state index < -0.39 is 12.1 Å². The molecule has 0 aliphatic carbocycles. The highest BCUT2D eigenvalue weighted by molar-refractivity contribution is 6.00. The molecule has 2 unspecified atom stereocenters. The number of hydrogen-bond donors (Lipinski definition) is 1. The van der Waals surface area contributed by atoms with E-state index in [0.29, 0.717) is 34.0 Å². The van der Waals surface area contributed by atoms with Crippen LogP contribution in [-0.2, 0) is 4.79 Å². The number of alkyl halides is 3. The monoisotopic (exact) mass is 431 g/mol. The number of aromatic nitrogens is 3. The summed E-state index contributed by atoms with van der Waals surface area (Å²) in [5, 5.41) is 9.04. The van der Waals surface area contributed by atoms with Crippen LogP contribution in [0.3, 0.4) is 0 Å². The molecule has 1 N–H and O–H groups in total. The maximum Gasteiger partial charge on any atom is 0.491 e. The molecular formula is C21H20F3N5O2. The van der Waals surface area contributed by atoms with E-state index in [-0.39, 0.29) is 5.75 Å². The van der Waals surface area contributed by atoms with E-state index in [4.69, 9.17) is 0 Å². The minimum Gasteiger partial charge on any atom is -0.418 e. The molecule has 31 heavy (non-hydrogen) atoms. The highest BCUT2D eigenvalue weighted by Crippen LogP contribution is 2.36. The molecule has 0 amide bonds. The standard InChI is InChI=1S/C21H20F3N5O2/c1-28-8-12-10-29(11-13(12)9-28)18-6-5-15(26-27-18)14-3-2-4-16-19(14)17(7-25-16)31-20(30)21(22,23)24/h2-7,12-13,25H,8-11H2,1H3. The Morgan fingerprint density at radius 1 is 1.10 bits per heavy atom. The van der Waals surface area contributed by atoms with Crippen molar-refractivity contribution in [2.75, 3.05) is 38.1 Å². The number of hydrogen-bond acceptors (Lipinski definition) is 6. The van der Waals surface area contributed by atoms with E-state index in [1.807, 2.05) is 6.07 Å². The Labute approximate surface area is 175 Å². The van der Waals surface area contributed by atoms with Gasteiger partial charge >= 0.3 is 12.1 Å². The minimum atomic E-state index is -5.08. The number of carbonyl (C=O) groups is 1. The quantitative estimate of drug-likeness (QED) is 0.643. The van der Waals surface area contributed by atoms with Crippen molar-refractivity contribution < 1.29 is 22.7 Å². The van der Waals surface area contributed by atoms with Gasteiger partial charge in [-0.1, -0.05) is 12.1 Å². The van der Waals surface area contributed by atoms with Crippen LogP contribution in [0, 0.1) is 11.8 Å². The van der Waals surface area contributed by atoms with Crippen LogP contribution in [0.1, 0.15) is 0 Å². The molecule has 0 radical (unpaired) electrons. The molecule has 10 heteroatoms. The molecule has 4 heterocycles. The first-order chi connectivity index (χ1) is 14.8. The lowest BCUT2D eigenvalue weighted by atomic mass is 10.0. The van der Waals surface area contributed by atoms with Gasteiger partial charge in [-0.15, -0.1) is 10.2 Å². The third-order valence-corrected chi connectivity index (χ3v) is 6.02. The zero-order valence-electron chi connectivity index (χ0n) is 16.7. The van der Waals surface area contributed by atoms with Gasteiger partial charge in [0.15, 0.2) is 11.6 Å².